The van der Waals surface area contributed by atoms with Crippen LogP contribution in [0.3, 0.4) is 0 Å². The number of hydrogen-bond acceptors (Lipinski definition) is 3. The van der Waals surface area contributed by atoms with Crippen molar-refractivity contribution in [2.24, 2.45) is 0 Å². The van der Waals surface area contributed by atoms with Gasteiger partial charge in [0.15, 0.2) is 0 Å². The molecule has 0 saturated carbocycles. The molecule has 1 aromatic carbocycles. The summed E-state index contributed by atoms with van der Waals surface area (Å²) in [6.45, 7) is 3.96. The number of benzene rings is 1. The summed E-state index contributed by atoms with van der Waals surface area (Å²) in [5.41, 5.74) is 2.18. The van der Waals surface area contributed by atoms with Gasteiger partial charge in [-0.25, -0.2) is 4.79 Å². The Balaban J connectivity index is 2.18. The Morgan fingerprint density at radius 1 is 1.19 bits per heavy atom. The number of rotatable bonds is 2. The van der Waals surface area contributed by atoms with Crippen LogP contribution in [-0.4, -0.2) is 5.97 Å². The van der Waals surface area contributed by atoms with Gasteiger partial charge in [0.2, 0.25) is 0 Å². The van der Waals surface area contributed by atoms with Crippen LogP contribution in [0.2, 0.25) is 0 Å². The molecule has 2 aromatic rings. The Bertz CT molecular complexity index is 480. The molecule has 16 heavy (non-hydrogen) atoms. The van der Waals surface area contributed by atoms with Crippen LogP contribution in [0.15, 0.2) is 35.7 Å². The molecule has 2 rings (SSSR count). The summed E-state index contributed by atoms with van der Waals surface area (Å²) >= 11 is 1.38. The van der Waals surface area contributed by atoms with Crippen molar-refractivity contribution in [2.75, 3.05) is 0 Å². The molecule has 0 saturated heterocycles. The number of carbonyl (C=O) groups is 1. The molecular weight excluding hydrogens is 220 g/mol. The molecule has 0 bridgehead atoms. The smallest absolute Gasteiger partial charge is 0.353 e. The highest BCUT2D eigenvalue weighted by molar-refractivity contribution is 7.12. The number of thiophene rings is 1. The molecule has 0 unspecified atom stereocenters. The standard InChI is InChI=1S/C13H12O2S/c1-9-6-10(2)8-11(7-9)15-13(14)12-4-3-5-16-12/h3-8H,1-2H3. The summed E-state index contributed by atoms with van der Waals surface area (Å²) in [6, 6.07) is 9.36. The largest absolute Gasteiger partial charge is 0.422 e. The van der Waals surface area contributed by atoms with Gasteiger partial charge in [0.05, 0.1) is 0 Å². The second-order valence-corrected chi connectivity index (χ2v) is 4.64. The van der Waals surface area contributed by atoms with E-state index in [1.54, 1.807) is 6.07 Å². The van der Waals surface area contributed by atoms with Crippen molar-refractivity contribution in [3.05, 3.63) is 51.7 Å². The van der Waals surface area contributed by atoms with E-state index in [4.69, 9.17) is 4.74 Å². The second-order valence-electron chi connectivity index (χ2n) is 3.69. The fourth-order valence-electron chi connectivity index (χ4n) is 1.54. The first-order valence-corrected chi connectivity index (χ1v) is 5.87. The molecule has 0 fully saturated rings. The summed E-state index contributed by atoms with van der Waals surface area (Å²) in [7, 11) is 0. The van der Waals surface area contributed by atoms with E-state index < -0.39 is 0 Å². The van der Waals surface area contributed by atoms with Gasteiger partial charge in [0.1, 0.15) is 10.6 Å². The van der Waals surface area contributed by atoms with Crippen molar-refractivity contribution in [1.29, 1.82) is 0 Å². The maximum absolute atomic E-state index is 11.7. The molecule has 0 amide bonds. The van der Waals surface area contributed by atoms with E-state index in [1.165, 1.54) is 11.3 Å². The fraction of sp³-hybridized carbons (Fsp3) is 0.154. The summed E-state index contributed by atoms with van der Waals surface area (Å²) in [5.74, 6) is 0.316. The molecule has 0 aliphatic heterocycles. The van der Waals surface area contributed by atoms with E-state index >= 15 is 0 Å². The highest BCUT2D eigenvalue weighted by Gasteiger charge is 2.09. The van der Waals surface area contributed by atoms with Crippen LogP contribution in [0.25, 0.3) is 0 Å². The molecular formula is C13H12O2S. The number of aryl methyl sites for hydroxylation is 2. The van der Waals surface area contributed by atoms with E-state index in [2.05, 4.69) is 0 Å². The van der Waals surface area contributed by atoms with Crippen LogP contribution in [0.5, 0.6) is 5.75 Å². The molecule has 0 radical (unpaired) electrons. The van der Waals surface area contributed by atoms with Crippen LogP contribution in [0, 0.1) is 13.8 Å². The predicted octanol–water partition coefficient (Wildman–Crippen LogP) is 3.58. The SMILES string of the molecule is Cc1cc(C)cc(OC(=O)c2cccs2)c1. The topological polar surface area (TPSA) is 26.3 Å². The Hall–Kier alpha value is -1.61. The van der Waals surface area contributed by atoms with Crippen LogP contribution < -0.4 is 4.74 Å². The van der Waals surface area contributed by atoms with Gasteiger partial charge in [0.25, 0.3) is 0 Å². The molecule has 0 N–H and O–H groups in total. The zero-order valence-corrected chi connectivity index (χ0v) is 10.0. The van der Waals surface area contributed by atoms with Crippen molar-refractivity contribution in [3.63, 3.8) is 0 Å². The minimum Gasteiger partial charge on any atom is -0.422 e. The second kappa shape index (κ2) is 4.49. The van der Waals surface area contributed by atoms with E-state index in [1.807, 2.05) is 43.5 Å². The third-order valence-electron chi connectivity index (χ3n) is 2.13. The van der Waals surface area contributed by atoms with E-state index in [9.17, 15) is 4.79 Å². The van der Waals surface area contributed by atoms with E-state index in [-0.39, 0.29) is 5.97 Å². The minimum absolute atomic E-state index is 0.292. The molecule has 0 aliphatic carbocycles. The van der Waals surface area contributed by atoms with Gasteiger partial charge < -0.3 is 4.74 Å². The Morgan fingerprint density at radius 3 is 2.44 bits per heavy atom. The maximum atomic E-state index is 11.7. The molecule has 1 aromatic heterocycles. The van der Waals surface area contributed by atoms with Crippen molar-refractivity contribution >= 4 is 17.3 Å². The van der Waals surface area contributed by atoms with Gasteiger partial charge in [-0.1, -0.05) is 12.1 Å². The zero-order valence-electron chi connectivity index (χ0n) is 9.19. The molecule has 3 heteroatoms. The number of esters is 1. The third-order valence-corrected chi connectivity index (χ3v) is 2.98. The van der Waals surface area contributed by atoms with Crippen molar-refractivity contribution in [2.45, 2.75) is 13.8 Å². The van der Waals surface area contributed by atoms with Gasteiger partial charge in [-0.2, -0.15) is 0 Å². The first kappa shape index (κ1) is 10.9. The average Bonchev–Trinajstić information content (AvgIpc) is 2.68. The van der Waals surface area contributed by atoms with Gasteiger partial charge in [0, 0.05) is 0 Å². The quantitative estimate of drug-likeness (QED) is 0.584. The lowest BCUT2D eigenvalue weighted by Crippen LogP contribution is -2.06. The average molecular weight is 232 g/mol. The van der Waals surface area contributed by atoms with Gasteiger partial charge in [-0.3, -0.25) is 0 Å². The Kier molecular flexibility index (Phi) is 3.06. The fourth-order valence-corrected chi connectivity index (χ4v) is 2.14. The molecule has 2 nitrogen and oxygen atoms in total. The monoisotopic (exact) mass is 232 g/mol. The van der Waals surface area contributed by atoms with E-state index in [0.29, 0.717) is 10.6 Å². The summed E-state index contributed by atoms with van der Waals surface area (Å²) in [4.78, 5) is 12.3. The summed E-state index contributed by atoms with van der Waals surface area (Å²) < 4.78 is 5.29. The Labute approximate surface area is 98.5 Å². The van der Waals surface area contributed by atoms with Gasteiger partial charge in [-0.15, -0.1) is 11.3 Å². The van der Waals surface area contributed by atoms with E-state index in [0.717, 1.165) is 11.1 Å². The lowest BCUT2D eigenvalue weighted by molar-refractivity contribution is 0.0740. The maximum Gasteiger partial charge on any atom is 0.353 e. The number of carbonyl (C=O) groups excluding carboxylic acids is 1. The van der Waals surface area contributed by atoms with Crippen molar-refractivity contribution < 1.29 is 9.53 Å². The van der Waals surface area contributed by atoms with Gasteiger partial charge in [-0.05, 0) is 48.6 Å². The number of hydrogen-bond donors (Lipinski definition) is 0. The van der Waals surface area contributed by atoms with Crippen LogP contribution in [0.1, 0.15) is 20.8 Å². The molecule has 0 spiro atoms. The highest BCUT2D eigenvalue weighted by Crippen LogP contribution is 2.19. The zero-order chi connectivity index (χ0) is 11.5. The van der Waals surface area contributed by atoms with Crippen LogP contribution in [-0.2, 0) is 0 Å². The molecule has 0 atom stereocenters. The molecule has 1 heterocycles. The first-order valence-electron chi connectivity index (χ1n) is 4.99. The van der Waals surface area contributed by atoms with Crippen LogP contribution in [0.4, 0.5) is 0 Å². The van der Waals surface area contributed by atoms with Crippen molar-refractivity contribution in [3.8, 4) is 5.75 Å². The molecule has 82 valence electrons. The highest BCUT2D eigenvalue weighted by atomic mass is 32.1. The van der Waals surface area contributed by atoms with Crippen LogP contribution >= 0.6 is 11.3 Å². The molecule has 0 aliphatic rings. The Morgan fingerprint density at radius 2 is 1.88 bits per heavy atom. The minimum atomic E-state index is -0.292. The normalized spacial score (nSPS) is 10.1. The lowest BCUT2D eigenvalue weighted by atomic mass is 10.1. The predicted molar refractivity (Wildman–Crippen MR) is 65.2 cm³/mol. The lowest BCUT2D eigenvalue weighted by Gasteiger charge is -2.05. The summed E-state index contributed by atoms with van der Waals surface area (Å²) in [5, 5.41) is 1.86. The first-order chi connectivity index (χ1) is 7.65. The van der Waals surface area contributed by atoms with Gasteiger partial charge >= 0.3 is 5.97 Å². The third kappa shape index (κ3) is 2.49. The van der Waals surface area contributed by atoms with Crippen molar-refractivity contribution in [1.82, 2.24) is 0 Å². The summed E-state index contributed by atoms with van der Waals surface area (Å²) in [6.07, 6.45) is 0. The number of ether oxygens (including phenoxy) is 1.